The van der Waals surface area contributed by atoms with Gasteiger partial charge in [-0.05, 0) is 19.9 Å². The highest BCUT2D eigenvalue weighted by Crippen LogP contribution is 2.20. The second-order valence-electron chi connectivity index (χ2n) is 4.21. The summed E-state index contributed by atoms with van der Waals surface area (Å²) in [6.45, 7) is 5.38. The standard InChI is InChI=1S/C13H21N3O3/c1-5-16(9(2)8-18-3)12-6-10(13(17)19-4)11(14)7-15-12/h6-7,9H,5,8,14H2,1-4H3. The molecule has 1 aromatic rings. The molecule has 1 unspecified atom stereocenters. The number of carbonyl (C=O) groups is 1. The van der Waals surface area contributed by atoms with Crippen LogP contribution in [0.15, 0.2) is 12.3 Å². The predicted octanol–water partition coefficient (Wildman–Crippen LogP) is 1.31. The predicted molar refractivity (Wildman–Crippen MR) is 74.3 cm³/mol. The first-order valence-electron chi connectivity index (χ1n) is 6.14. The normalized spacial score (nSPS) is 12.0. The van der Waals surface area contributed by atoms with E-state index in [4.69, 9.17) is 15.2 Å². The summed E-state index contributed by atoms with van der Waals surface area (Å²) in [7, 11) is 2.98. The number of hydrogen-bond donors (Lipinski definition) is 1. The monoisotopic (exact) mass is 267 g/mol. The highest BCUT2D eigenvalue weighted by atomic mass is 16.5. The van der Waals surface area contributed by atoms with Gasteiger partial charge < -0.3 is 20.1 Å². The van der Waals surface area contributed by atoms with Crippen molar-refractivity contribution in [2.24, 2.45) is 0 Å². The average Bonchev–Trinajstić information content (AvgIpc) is 2.40. The Morgan fingerprint density at radius 1 is 1.53 bits per heavy atom. The van der Waals surface area contributed by atoms with Gasteiger partial charge in [-0.3, -0.25) is 0 Å². The van der Waals surface area contributed by atoms with Crippen LogP contribution in [0.4, 0.5) is 11.5 Å². The minimum Gasteiger partial charge on any atom is -0.465 e. The van der Waals surface area contributed by atoms with Crippen molar-refractivity contribution in [2.75, 3.05) is 38.0 Å². The Labute approximate surface area is 113 Å². The molecule has 0 radical (unpaired) electrons. The summed E-state index contributed by atoms with van der Waals surface area (Å²) >= 11 is 0. The number of rotatable bonds is 6. The molecular formula is C13H21N3O3. The van der Waals surface area contributed by atoms with E-state index < -0.39 is 5.97 Å². The van der Waals surface area contributed by atoms with Gasteiger partial charge in [0.15, 0.2) is 0 Å². The summed E-state index contributed by atoms with van der Waals surface area (Å²) in [6.07, 6.45) is 1.48. The molecular weight excluding hydrogens is 246 g/mol. The lowest BCUT2D eigenvalue weighted by atomic mass is 10.2. The van der Waals surface area contributed by atoms with E-state index in [1.165, 1.54) is 13.3 Å². The van der Waals surface area contributed by atoms with E-state index in [0.717, 1.165) is 6.54 Å². The second kappa shape index (κ2) is 6.94. The number of methoxy groups -OCH3 is 2. The Morgan fingerprint density at radius 3 is 2.74 bits per heavy atom. The van der Waals surface area contributed by atoms with Gasteiger partial charge >= 0.3 is 5.97 Å². The van der Waals surface area contributed by atoms with Gasteiger partial charge in [-0.1, -0.05) is 0 Å². The van der Waals surface area contributed by atoms with Crippen molar-refractivity contribution in [1.82, 2.24) is 4.98 Å². The van der Waals surface area contributed by atoms with Gasteiger partial charge in [0.1, 0.15) is 5.82 Å². The molecule has 19 heavy (non-hydrogen) atoms. The number of anilines is 2. The summed E-state index contributed by atoms with van der Waals surface area (Å²) in [5, 5.41) is 0. The lowest BCUT2D eigenvalue weighted by molar-refractivity contribution is 0.0602. The molecule has 0 bridgehead atoms. The first-order valence-corrected chi connectivity index (χ1v) is 6.14. The largest absolute Gasteiger partial charge is 0.465 e. The number of esters is 1. The molecule has 0 saturated heterocycles. The van der Waals surface area contributed by atoms with Crippen LogP contribution in [0.3, 0.4) is 0 Å². The molecule has 6 heteroatoms. The fourth-order valence-corrected chi connectivity index (χ4v) is 1.93. The molecule has 0 fully saturated rings. The van der Waals surface area contributed by atoms with Crippen LogP contribution < -0.4 is 10.6 Å². The number of nitrogens with two attached hydrogens (primary N) is 1. The first-order chi connectivity index (χ1) is 9.04. The van der Waals surface area contributed by atoms with Gasteiger partial charge in [-0.15, -0.1) is 0 Å². The van der Waals surface area contributed by atoms with Crippen LogP contribution >= 0.6 is 0 Å². The van der Waals surface area contributed by atoms with Crippen molar-refractivity contribution >= 4 is 17.5 Å². The zero-order valence-electron chi connectivity index (χ0n) is 11.8. The minimum atomic E-state index is -0.461. The van der Waals surface area contributed by atoms with E-state index in [9.17, 15) is 4.79 Å². The summed E-state index contributed by atoms with van der Waals surface area (Å²) in [4.78, 5) is 17.9. The first kappa shape index (κ1) is 15.2. The van der Waals surface area contributed by atoms with Gasteiger partial charge in [-0.25, -0.2) is 9.78 Å². The Balaban J connectivity index is 3.08. The molecule has 0 aliphatic carbocycles. The van der Waals surface area contributed by atoms with Crippen molar-refractivity contribution in [2.45, 2.75) is 19.9 Å². The van der Waals surface area contributed by atoms with Crippen LogP contribution in [0.25, 0.3) is 0 Å². The van der Waals surface area contributed by atoms with Crippen LogP contribution in [0.1, 0.15) is 24.2 Å². The second-order valence-corrected chi connectivity index (χ2v) is 4.21. The number of nitrogen functional groups attached to an aromatic ring is 1. The molecule has 0 spiro atoms. The highest BCUT2D eigenvalue weighted by Gasteiger charge is 2.18. The molecule has 2 N–H and O–H groups in total. The Bertz CT molecular complexity index is 437. The molecule has 0 aliphatic rings. The molecule has 106 valence electrons. The molecule has 6 nitrogen and oxygen atoms in total. The molecule has 1 aromatic heterocycles. The van der Waals surface area contributed by atoms with E-state index in [-0.39, 0.29) is 6.04 Å². The number of nitrogens with zero attached hydrogens (tertiary/aromatic N) is 2. The molecule has 0 saturated carbocycles. The summed E-state index contributed by atoms with van der Waals surface area (Å²) < 4.78 is 9.85. The Hall–Kier alpha value is -1.82. The zero-order valence-corrected chi connectivity index (χ0v) is 11.8. The van der Waals surface area contributed by atoms with E-state index >= 15 is 0 Å². The Morgan fingerprint density at radius 2 is 2.21 bits per heavy atom. The van der Waals surface area contributed by atoms with E-state index in [1.807, 2.05) is 18.7 Å². The number of likely N-dealkylation sites (N-methyl/N-ethyl adjacent to an activating group) is 1. The van der Waals surface area contributed by atoms with Crippen molar-refractivity contribution in [3.8, 4) is 0 Å². The van der Waals surface area contributed by atoms with E-state index in [0.29, 0.717) is 23.7 Å². The number of hydrogen-bond acceptors (Lipinski definition) is 6. The van der Waals surface area contributed by atoms with Crippen LogP contribution in [0.2, 0.25) is 0 Å². The Kier molecular flexibility index (Phi) is 5.57. The highest BCUT2D eigenvalue weighted by molar-refractivity contribution is 5.95. The third-order valence-electron chi connectivity index (χ3n) is 2.90. The topological polar surface area (TPSA) is 77.7 Å². The molecule has 0 amide bonds. The minimum absolute atomic E-state index is 0.150. The zero-order chi connectivity index (χ0) is 14.4. The average molecular weight is 267 g/mol. The van der Waals surface area contributed by atoms with Crippen LogP contribution in [0, 0.1) is 0 Å². The maximum atomic E-state index is 11.6. The van der Waals surface area contributed by atoms with Crippen molar-refractivity contribution in [3.63, 3.8) is 0 Å². The maximum absolute atomic E-state index is 11.6. The van der Waals surface area contributed by atoms with Crippen LogP contribution in [-0.4, -0.2) is 44.4 Å². The smallest absolute Gasteiger partial charge is 0.340 e. The SMILES string of the molecule is CCN(c1cc(C(=O)OC)c(N)cn1)C(C)COC. The fraction of sp³-hybridized carbons (Fsp3) is 0.538. The number of ether oxygens (including phenoxy) is 2. The van der Waals surface area contributed by atoms with Crippen molar-refractivity contribution in [1.29, 1.82) is 0 Å². The molecule has 1 rings (SSSR count). The number of aromatic nitrogens is 1. The lowest BCUT2D eigenvalue weighted by Crippen LogP contribution is -2.36. The van der Waals surface area contributed by atoms with Crippen LogP contribution in [0.5, 0.6) is 0 Å². The van der Waals surface area contributed by atoms with Gasteiger partial charge in [-0.2, -0.15) is 0 Å². The lowest BCUT2D eigenvalue weighted by Gasteiger charge is -2.28. The van der Waals surface area contributed by atoms with Crippen LogP contribution in [-0.2, 0) is 9.47 Å². The van der Waals surface area contributed by atoms with Gasteiger partial charge in [0.25, 0.3) is 0 Å². The van der Waals surface area contributed by atoms with Crippen molar-refractivity contribution in [3.05, 3.63) is 17.8 Å². The molecule has 0 aliphatic heterocycles. The molecule has 1 heterocycles. The van der Waals surface area contributed by atoms with E-state index in [1.54, 1.807) is 13.2 Å². The van der Waals surface area contributed by atoms with Gasteiger partial charge in [0.05, 0.1) is 37.2 Å². The van der Waals surface area contributed by atoms with Crippen molar-refractivity contribution < 1.29 is 14.3 Å². The van der Waals surface area contributed by atoms with Gasteiger partial charge in [0.2, 0.25) is 0 Å². The quantitative estimate of drug-likeness (QED) is 0.783. The third-order valence-corrected chi connectivity index (χ3v) is 2.90. The maximum Gasteiger partial charge on any atom is 0.340 e. The fourth-order valence-electron chi connectivity index (χ4n) is 1.93. The number of pyridine rings is 1. The third kappa shape index (κ3) is 3.57. The van der Waals surface area contributed by atoms with E-state index in [2.05, 4.69) is 4.98 Å². The summed E-state index contributed by atoms with van der Waals surface area (Å²) in [6, 6.07) is 1.80. The summed E-state index contributed by atoms with van der Waals surface area (Å²) in [5.41, 5.74) is 6.38. The number of carbonyl (C=O) groups excluding carboxylic acids is 1. The van der Waals surface area contributed by atoms with Gasteiger partial charge in [0, 0.05) is 13.7 Å². The summed E-state index contributed by atoms with van der Waals surface area (Å²) in [5.74, 6) is 0.221. The molecule has 1 atom stereocenters. The molecule has 0 aromatic carbocycles.